The van der Waals surface area contributed by atoms with Crippen LogP contribution in [-0.4, -0.2) is 88.1 Å². The zero-order valence-electron chi connectivity index (χ0n) is 16.8. The summed E-state index contributed by atoms with van der Waals surface area (Å²) in [6.07, 6.45) is 3.86. The summed E-state index contributed by atoms with van der Waals surface area (Å²) < 4.78 is 11.5. The first-order chi connectivity index (χ1) is 13.0. The molecule has 0 aromatic heterocycles. The van der Waals surface area contributed by atoms with Gasteiger partial charge >= 0.3 is 6.03 Å². The highest BCUT2D eigenvalue weighted by atomic mass is 16.6. The van der Waals surface area contributed by atoms with Crippen LogP contribution in [0.15, 0.2) is 0 Å². The van der Waals surface area contributed by atoms with Crippen LogP contribution in [0.25, 0.3) is 0 Å². The second kappa shape index (κ2) is 9.99. The van der Waals surface area contributed by atoms with E-state index in [-0.39, 0.29) is 36.7 Å². The van der Waals surface area contributed by atoms with Gasteiger partial charge in [-0.25, -0.2) is 4.79 Å². The van der Waals surface area contributed by atoms with Gasteiger partial charge in [0, 0.05) is 25.2 Å². The third-order valence-electron chi connectivity index (χ3n) is 5.45. The topological polar surface area (TPSA) is 98.9 Å². The van der Waals surface area contributed by atoms with E-state index in [9.17, 15) is 4.79 Å². The average Bonchev–Trinajstić information content (AvgIpc) is 2.60. The van der Waals surface area contributed by atoms with Gasteiger partial charge in [0.05, 0.1) is 31.6 Å². The summed E-state index contributed by atoms with van der Waals surface area (Å²) in [4.78, 5) is 14.6. The highest BCUT2D eigenvalue weighted by Gasteiger charge is 2.35. The van der Waals surface area contributed by atoms with E-state index in [2.05, 4.69) is 52.5 Å². The molecule has 2 amide bonds. The van der Waals surface area contributed by atoms with Crippen LogP contribution in [0.4, 0.5) is 4.79 Å². The predicted octanol–water partition coefficient (Wildman–Crippen LogP) is -0.646. The minimum Gasteiger partial charge on any atom is -0.373 e. The van der Waals surface area contributed by atoms with Crippen LogP contribution in [0, 0.1) is 0 Å². The zero-order chi connectivity index (χ0) is 19.2. The number of rotatable bonds is 6. The van der Waals surface area contributed by atoms with Crippen molar-refractivity contribution in [1.29, 1.82) is 0 Å². The number of hydrogen-bond acceptors (Lipinski definition) is 7. The Bertz CT molecular complexity index is 480. The summed E-state index contributed by atoms with van der Waals surface area (Å²) in [5.41, 5.74) is 0. The number of nitrogens with zero attached hydrogens (tertiary/aromatic N) is 1. The van der Waals surface area contributed by atoms with Gasteiger partial charge < -0.3 is 30.3 Å². The Morgan fingerprint density at radius 1 is 1.07 bits per heavy atom. The third kappa shape index (κ3) is 6.55. The molecule has 9 nitrogen and oxygen atoms in total. The van der Waals surface area contributed by atoms with Crippen molar-refractivity contribution in [3.8, 4) is 0 Å². The van der Waals surface area contributed by atoms with Crippen molar-refractivity contribution in [3.05, 3.63) is 0 Å². The first-order valence-electron chi connectivity index (χ1n) is 10.2. The highest BCUT2D eigenvalue weighted by molar-refractivity contribution is 5.74. The molecule has 2 aliphatic heterocycles. The van der Waals surface area contributed by atoms with Gasteiger partial charge in [-0.2, -0.15) is 0 Å². The minimum atomic E-state index is -0.254. The molecule has 0 aromatic rings. The first kappa shape index (κ1) is 20.8. The summed E-state index contributed by atoms with van der Waals surface area (Å²) >= 11 is 0. The summed E-state index contributed by atoms with van der Waals surface area (Å²) in [6.45, 7) is 5.35. The number of carbonyl (C=O) groups excluding carboxylic acids is 1. The quantitative estimate of drug-likeness (QED) is 0.415. The Morgan fingerprint density at radius 3 is 2.63 bits per heavy atom. The maximum absolute atomic E-state index is 12.5. The molecule has 3 aliphatic rings. The van der Waals surface area contributed by atoms with Gasteiger partial charge in [0.15, 0.2) is 0 Å². The van der Waals surface area contributed by atoms with Gasteiger partial charge in [0.1, 0.15) is 6.29 Å². The van der Waals surface area contributed by atoms with Crippen LogP contribution in [0.2, 0.25) is 0 Å². The second-order valence-corrected chi connectivity index (χ2v) is 8.16. The molecule has 6 unspecified atom stereocenters. The van der Waals surface area contributed by atoms with Gasteiger partial charge in [0.25, 0.3) is 0 Å². The lowest BCUT2D eigenvalue weighted by Crippen LogP contribution is -2.68. The Hall–Kier alpha value is -0.970. The monoisotopic (exact) mass is 384 g/mol. The molecule has 1 aliphatic carbocycles. The normalized spacial score (nSPS) is 36.9. The molecule has 1 saturated carbocycles. The summed E-state index contributed by atoms with van der Waals surface area (Å²) in [7, 11) is 4.12. The molecule has 27 heavy (non-hydrogen) atoms. The largest absolute Gasteiger partial charge is 0.373 e. The number of nitrogens with one attached hydrogen (secondary N) is 5. The number of urea groups is 1. The van der Waals surface area contributed by atoms with Gasteiger partial charge in [-0.05, 0) is 46.7 Å². The van der Waals surface area contributed by atoms with E-state index in [0.717, 1.165) is 38.8 Å². The van der Waals surface area contributed by atoms with E-state index in [1.54, 1.807) is 0 Å². The molecule has 2 saturated heterocycles. The first-order valence-corrected chi connectivity index (χ1v) is 10.2. The number of amides is 2. The Balaban J connectivity index is 1.40. The Morgan fingerprint density at radius 2 is 1.85 bits per heavy atom. The van der Waals surface area contributed by atoms with Crippen LogP contribution in [0.3, 0.4) is 0 Å². The Kier molecular flexibility index (Phi) is 7.68. The molecule has 3 rings (SSSR count). The average molecular weight is 385 g/mol. The molecule has 2 heterocycles. The number of likely N-dealkylation sites (N-methyl/N-ethyl adjacent to an activating group) is 1. The number of carbonyl (C=O) groups is 1. The van der Waals surface area contributed by atoms with Gasteiger partial charge in [0.2, 0.25) is 0 Å². The summed E-state index contributed by atoms with van der Waals surface area (Å²) in [6, 6.07) is 0.293. The highest BCUT2D eigenvalue weighted by Crippen LogP contribution is 2.26. The molecule has 5 N–H and O–H groups in total. The lowest BCUT2D eigenvalue weighted by Gasteiger charge is -2.40. The van der Waals surface area contributed by atoms with E-state index in [4.69, 9.17) is 9.47 Å². The van der Waals surface area contributed by atoms with Crippen LogP contribution in [0.5, 0.6) is 0 Å². The van der Waals surface area contributed by atoms with Gasteiger partial charge in [-0.15, -0.1) is 0 Å². The van der Waals surface area contributed by atoms with E-state index < -0.39 is 0 Å². The molecule has 3 fully saturated rings. The fourth-order valence-corrected chi connectivity index (χ4v) is 4.07. The lowest BCUT2D eigenvalue weighted by molar-refractivity contribution is -0.157. The van der Waals surface area contributed by atoms with Crippen LogP contribution in [0.1, 0.15) is 32.6 Å². The molecular formula is C18H36N6O3. The van der Waals surface area contributed by atoms with Crippen molar-refractivity contribution in [2.75, 3.05) is 40.4 Å². The molecule has 0 bridgehead atoms. The molecule has 9 heteroatoms. The fraction of sp³-hybridized carbons (Fsp3) is 0.944. The van der Waals surface area contributed by atoms with E-state index in [0.29, 0.717) is 19.3 Å². The third-order valence-corrected chi connectivity index (χ3v) is 5.45. The summed E-state index contributed by atoms with van der Waals surface area (Å²) in [5.74, 6) is 0. The van der Waals surface area contributed by atoms with Gasteiger partial charge in [-0.3, -0.25) is 10.6 Å². The van der Waals surface area contributed by atoms with E-state index in [1.165, 1.54) is 0 Å². The van der Waals surface area contributed by atoms with Crippen LogP contribution in [-0.2, 0) is 9.47 Å². The molecule has 0 spiro atoms. The van der Waals surface area contributed by atoms with Crippen LogP contribution >= 0.6 is 0 Å². The zero-order valence-corrected chi connectivity index (χ0v) is 16.8. The van der Waals surface area contributed by atoms with Crippen LogP contribution < -0.4 is 26.6 Å². The van der Waals surface area contributed by atoms with E-state index >= 15 is 0 Å². The minimum absolute atomic E-state index is 0.106. The molecule has 0 radical (unpaired) electrons. The molecule has 6 atom stereocenters. The number of hydrogen-bond donors (Lipinski definition) is 5. The Labute approximate surface area is 162 Å². The van der Waals surface area contributed by atoms with Gasteiger partial charge in [-0.1, -0.05) is 0 Å². The van der Waals surface area contributed by atoms with Crippen molar-refractivity contribution in [1.82, 2.24) is 31.5 Å². The number of fused-ring (bicyclic) bond motifs is 1. The number of ether oxygens (including phenoxy) is 2. The van der Waals surface area contributed by atoms with Crippen molar-refractivity contribution < 1.29 is 14.3 Å². The molecule has 156 valence electrons. The second-order valence-electron chi connectivity index (χ2n) is 8.16. The molecular weight excluding hydrogens is 348 g/mol. The fourth-order valence-electron chi connectivity index (χ4n) is 4.07. The smallest absolute Gasteiger partial charge is 0.317 e. The van der Waals surface area contributed by atoms with Crippen molar-refractivity contribution in [2.24, 2.45) is 0 Å². The van der Waals surface area contributed by atoms with Crippen molar-refractivity contribution in [3.63, 3.8) is 0 Å². The van der Waals surface area contributed by atoms with Crippen molar-refractivity contribution in [2.45, 2.75) is 69.4 Å². The summed E-state index contributed by atoms with van der Waals surface area (Å²) in [5, 5.41) is 16.4. The standard InChI is InChI=1S/C18H36N6O3/c1-12-10-16(19-6-7-24(2)3)22-17(20-12)23-18(25)21-13-4-5-14-15(11-13)27-9-8-26-14/h12-17,19-20,22H,4-11H2,1-3H3,(H2,21,23,25). The predicted molar refractivity (Wildman–Crippen MR) is 103 cm³/mol. The van der Waals surface area contributed by atoms with Crippen molar-refractivity contribution >= 4 is 6.03 Å². The van der Waals surface area contributed by atoms with E-state index in [1.807, 2.05) is 0 Å². The maximum Gasteiger partial charge on any atom is 0.317 e. The molecule has 0 aromatic carbocycles. The maximum atomic E-state index is 12.5. The SMILES string of the molecule is CC1CC(NCCN(C)C)NC(NC(=O)NC2CCC3OCCOC3C2)N1. The lowest BCUT2D eigenvalue weighted by atomic mass is 9.90.